The number of fused-ring (bicyclic) bond motifs is 1. The van der Waals surface area contributed by atoms with Crippen LogP contribution in [0.1, 0.15) is 32.1 Å². The molecule has 17 heavy (non-hydrogen) atoms. The third-order valence-electron chi connectivity index (χ3n) is 2.46. The fraction of sp³-hybridized carbons (Fsp3) is 0.583. The number of esters is 1. The van der Waals surface area contributed by atoms with Gasteiger partial charge in [0.1, 0.15) is 17.4 Å². The maximum atomic E-state index is 11.8. The average Bonchev–Trinajstić information content (AvgIpc) is 2.61. The molecule has 2 rings (SSSR count). The first-order chi connectivity index (χ1) is 7.46. The number of hydrogen-bond donors (Lipinski definition) is 1. The minimum Gasteiger partial charge on any atom is -0.468 e. The lowest BCUT2D eigenvalue weighted by Crippen LogP contribution is -2.44. The fourth-order valence-electron chi connectivity index (χ4n) is 1.75. The van der Waals surface area contributed by atoms with Crippen LogP contribution >= 0.6 is 12.4 Å². The van der Waals surface area contributed by atoms with Crippen molar-refractivity contribution in [2.75, 3.05) is 0 Å². The van der Waals surface area contributed by atoms with Crippen LogP contribution in [0.2, 0.25) is 0 Å². The largest absolute Gasteiger partial charge is 0.468 e. The standard InChI is InChI=1S/C12H17NO3.ClH/c1-12(2,3)16-11(14)9-6-8-4-5-15-10(8)7-13-9;/h4-5,9,13H,6-7H2,1-3H3;1H/t9-;/m1./s1. The summed E-state index contributed by atoms with van der Waals surface area (Å²) in [5.41, 5.74) is 0.657. The molecule has 0 amide bonds. The minimum atomic E-state index is -0.435. The molecule has 2 heterocycles. The van der Waals surface area contributed by atoms with E-state index >= 15 is 0 Å². The van der Waals surface area contributed by atoms with Gasteiger partial charge in [0.15, 0.2) is 0 Å². The SMILES string of the molecule is CC(C)(C)OC(=O)[C@H]1Cc2ccoc2CN1.Cl. The number of furan rings is 1. The van der Waals surface area contributed by atoms with Crippen LogP contribution in [0.4, 0.5) is 0 Å². The molecule has 96 valence electrons. The molecule has 0 radical (unpaired) electrons. The molecular weight excluding hydrogens is 242 g/mol. The average molecular weight is 260 g/mol. The summed E-state index contributed by atoms with van der Waals surface area (Å²) in [6.07, 6.45) is 2.30. The Morgan fingerprint density at radius 1 is 1.53 bits per heavy atom. The van der Waals surface area contributed by atoms with Gasteiger partial charge in [-0.25, -0.2) is 0 Å². The first-order valence-electron chi connectivity index (χ1n) is 5.47. The van der Waals surface area contributed by atoms with Gasteiger partial charge < -0.3 is 9.15 Å². The van der Waals surface area contributed by atoms with Crippen molar-refractivity contribution in [2.45, 2.75) is 45.4 Å². The minimum absolute atomic E-state index is 0. The van der Waals surface area contributed by atoms with Crippen LogP contribution < -0.4 is 5.32 Å². The van der Waals surface area contributed by atoms with Crippen molar-refractivity contribution in [2.24, 2.45) is 0 Å². The zero-order chi connectivity index (χ0) is 11.8. The Labute approximate surface area is 107 Å². The zero-order valence-corrected chi connectivity index (χ0v) is 11.1. The normalized spacial score (nSPS) is 19.1. The van der Waals surface area contributed by atoms with Gasteiger partial charge in [0, 0.05) is 6.42 Å². The second-order valence-electron chi connectivity index (χ2n) is 5.04. The van der Waals surface area contributed by atoms with E-state index in [9.17, 15) is 4.79 Å². The number of ether oxygens (including phenoxy) is 1. The maximum Gasteiger partial charge on any atom is 0.324 e. The third-order valence-corrected chi connectivity index (χ3v) is 2.46. The van der Waals surface area contributed by atoms with Crippen molar-refractivity contribution < 1.29 is 13.9 Å². The van der Waals surface area contributed by atoms with E-state index in [-0.39, 0.29) is 24.4 Å². The first-order valence-corrected chi connectivity index (χ1v) is 5.47. The molecule has 0 fully saturated rings. The molecule has 0 aliphatic carbocycles. The van der Waals surface area contributed by atoms with Crippen molar-refractivity contribution in [3.63, 3.8) is 0 Å². The molecule has 0 saturated heterocycles. The van der Waals surface area contributed by atoms with E-state index in [0.717, 1.165) is 11.3 Å². The number of hydrogen-bond acceptors (Lipinski definition) is 4. The highest BCUT2D eigenvalue weighted by Crippen LogP contribution is 2.19. The molecule has 1 N–H and O–H groups in total. The van der Waals surface area contributed by atoms with Crippen LogP contribution in [-0.4, -0.2) is 17.6 Å². The topological polar surface area (TPSA) is 51.5 Å². The predicted octanol–water partition coefficient (Wildman–Crippen LogP) is 2.06. The third kappa shape index (κ3) is 3.48. The number of carbonyl (C=O) groups excluding carboxylic acids is 1. The van der Waals surface area contributed by atoms with Gasteiger partial charge >= 0.3 is 5.97 Å². The predicted molar refractivity (Wildman–Crippen MR) is 66.1 cm³/mol. The number of nitrogens with one attached hydrogen (secondary N) is 1. The van der Waals surface area contributed by atoms with Crippen LogP contribution in [0, 0.1) is 0 Å². The molecule has 1 aliphatic rings. The number of rotatable bonds is 1. The summed E-state index contributed by atoms with van der Waals surface area (Å²) < 4.78 is 10.6. The lowest BCUT2D eigenvalue weighted by molar-refractivity contribution is -0.157. The smallest absolute Gasteiger partial charge is 0.324 e. The van der Waals surface area contributed by atoms with Crippen LogP contribution in [-0.2, 0) is 22.5 Å². The van der Waals surface area contributed by atoms with E-state index in [4.69, 9.17) is 9.15 Å². The van der Waals surface area contributed by atoms with Gasteiger partial charge in [0.2, 0.25) is 0 Å². The molecular formula is C12H18ClNO3. The van der Waals surface area contributed by atoms with Gasteiger partial charge in [-0.2, -0.15) is 0 Å². The second kappa shape index (κ2) is 5.10. The molecule has 1 aromatic rings. The Bertz CT molecular complexity index is 395. The van der Waals surface area contributed by atoms with Crippen LogP contribution in [0.25, 0.3) is 0 Å². The summed E-state index contributed by atoms with van der Waals surface area (Å²) in [5.74, 6) is 0.721. The molecule has 0 bridgehead atoms. The highest BCUT2D eigenvalue weighted by molar-refractivity contribution is 5.85. The Kier molecular flexibility index (Phi) is 4.22. The summed E-state index contributed by atoms with van der Waals surface area (Å²) in [6, 6.07) is 1.65. The number of halogens is 1. The van der Waals surface area contributed by atoms with Crippen LogP contribution in [0.3, 0.4) is 0 Å². The van der Waals surface area contributed by atoms with E-state index in [0.29, 0.717) is 13.0 Å². The van der Waals surface area contributed by atoms with Crippen molar-refractivity contribution in [3.05, 3.63) is 23.7 Å². The van der Waals surface area contributed by atoms with Gasteiger partial charge in [-0.15, -0.1) is 12.4 Å². The molecule has 0 aromatic carbocycles. The Morgan fingerprint density at radius 3 is 2.88 bits per heavy atom. The van der Waals surface area contributed by atoms with Crippen LogP contribution in [0.15, 0.2) is 16.7 Å². The van der Waals surface area contributed by atoms with Crippen molar-refractivity contribution in [3.8, 4) is 0 Å². The summed E-state index contributed by atoms with van der Waals surface area (Å²) in [5, 5.41) is 3.12. The van der Waals surface area contributed by atoms with E-state index in [1.165, 1.54) is 0 Å². The Morgan fingerprint density at radius 2 is 2.24 bits per heavy atom. The fourth-order valence-corrected chi connectivity index (χ4v) is 1.75. The van der Waals surface area contributed by atoms with Crippen molar-refractivity contribution in [1.82, 2.24) is 5.32 Å². The zero-order valence-electron chi connectivity index (χ0n) is 10.3. The summed E-state index contributed by atoms with van der Waals surface area (Å²) in [7, 11) is 0. The second-order valence-corrected chi connectivity index (χ2v) is 5.04. The maximum absolute atomic E-state index is 11.8. The molecule has 1 aliphatic heterocycles. The molecule has 1 aromatic heterocycles. The van der Waals surface area contributed by atoms with Gasteiger partial charge in [-0.3, -0.25) is 10.1 Å². The van der Waals surface area contributed by atoms with Gasteiger partial charge in [0.25, 0.3) is 0 Å². The Balaban J connectivity index is 0.00000144. The monoisotopic (exact) mass is 259 g/mol. The van der Waals surface area contributed by atoms with Crippen molar-refractivity contribution >= 4 is 18.4 Å². The Hall–Kier alpha value is -1.00. The molecule has 5 heteroatoms. The molecule has 0 saturated carbocycles. The quantitative estimate of drug-likeness (QED) is 0.785. The van der Waals surface area contributed by atoms with Crippen LogP contribution in [0.5, 0.6) is 0 Å². The van der Waals surface area contributed by atoms with Gasteiger partial charge in [0.05, 0.1) is 12.8 Å². The van der Waals surface area contributed by atoms with E-state index in [1.54, 1.807) is 6.26 Å². The number of carbonyl (C=O) groups is 1. The van der Waals surface area contributed by atoms with E-state index in [1.807, 2.05) is 26.8 Å². The molecule has 1 atom stereocenters. The summed E-state index contributed by atoms with van der Waals surface area (Å²) >= 11 is 0. The summed E-state index contributed by atoms with van der Waals surface area (Å²) in [6.45, 7) is 6.21. The highest BCUT2D eigenvalue weighted by atomic mass is 35.5. The van der Waals surface area contributed by atoms with Gasteiger partial charge in [-0.1, -0.05) is 0 Å². The first kappa shape index (κ1) is 14.1. The van der Waals surface area contributed by atoms with Crippen molar-refractivity contribution in [1.29, 1.82) is 0 Å². The lowest BCUT2D eigenvalue weighted by Gasteiger charge is -2.26. The van der Waals surface area contributed by atoms with E-state index in [2.05, 4.69) is 5.32 Å². The summed E-state index contributed by atoms with van der Waals surface area (Å²) in [4.78, 5) is 11.8. The highest BCUT2D eigenvalue weighted by Gasteiger charge is 2.29. The molecule has 0 unspecified atom stereocenters. The van der Waals surface area contributed by atoms with Gasteiger partial charge in [-0.05, 0) is 32.4 Å². The molecule has 0 spiro atoms. The van der Waals surface area contributed by atoms with E-state index < -0.39 is 5.60 Å². The molecule has 4 nitrogen and oxygen atoms in total. The lowest BCUT2D eigenvalue weighted by atomic mass is 10.0.